The highest BCUT2D eigenvalue weighted by Crippen LogP contribution is 2.30. The number of methoxy groups -OCH3 is 2. The van der Waals surface area contributed by atoms with Crippen molar-refractivity contribution in [1.82, 2.24) is 0 Å². The summed E-state index contributed by atoms with van der Waals surface area (Å²) in [5.41, 5.74) is 1.25. The van der Waals surface area contributed by atoms with E-state index in [1.54, 1.807) is 49.6 Å². The van der Waals surface area contributed by atoms with Gasteiger partial charge in [0.1, 0.15) is 5.75 Å². The average molecular weight is 342 g/mol. The fourth-order valence-corrected chi connectivity index (χ4v) is 2.22. The van der Waals surface area contributed by atoms with Crippen LogP contribution in [-0.4, -0.2) is 31.3 Å². The first-order valence-electron chi connectivity index (χ1n) is 7.40. The van der Waals surface area contributed by atoms with Gasteiger partial charge in [0.25, 0.3) is 0 Å². The minimum absolute atomic E-state index is 0.116. The molecule has 0 unspecified atom stereocenters. The Morgan fingerprint density at radius 3 is 2.16 bits per heavy atom. The van der Waals surface area contributed by atoms with Crippen molar-refractivity contribution in [2.45, 2.75) is 6.92 Å². The number of esters is 1. The fourth-order valence-electron chi connectivity index (χ4n) is 2.22. The number of carbonyl (C=O) groups excluding carboxylic acids is 1. The van der Waals surface area contributed by atoms with Gasteiger partial charge in [0, 0.05) is 6.92 Å². The van der Waals surface area contributed by atoms with E-state index in [-0.39, 0.29) is 11.3 Å². The zero-order valence-corrected chi connectivity index (χ0v) is 14.1. The Bertz CT molecular complexity index is 805. The topological polar surface area (TPSA) is 82.1 Å². The van der Waals surface area contributed by atoms with Gasteiger partial charge < -0.3 is 19.3 Å². The van der Waals surface area contributed by atoms with Gasteiger partial charge in [0.05, 0.1) is 19.8 Å². The Morgan fingerprint density at radius 2 is 1.64 bits per heavy atom. The third-order valence-corrected chi connectivity index (χ3v) is 3.38. The first-order valence-corrected chi connectivity index (χ1v) is 7.40. The van der Waals surface area contributed by atoms with Crippen LogP contribution in [0.15, 0.2) is 42.5 Å². The standard InChI is InChI=1S/C19H18O6/c1-12(20)25-17-9-4-13(11-18(17)24-3)10-16(19(21)22)14-5-7-15(23-2)8-6-14/h4-11H,1-3H3,(H,21,22)/b16-10+. The van der Waals surface area contributed by atoms with Crippen LogP contribution in [0.4, 0.5) is 0 Å². The van der Waals surface area contributed by atoms with Gasteiger partial charge in [0.15, 0.2) is 11.5 Å². The number of ether oxygens (including phenoxy) is 3. The molecule has 2 aromatic rings. The Labute approximate surface area is 145 Å². The third kappa shape index (κ3) is 4.60. The van der Waals surface area contributed by atoms with Crippen molar-refractivity contribution >= 4 is 23.6 Å². The molecule has 0 spiro atoms. The van der Waals surface area contributed by atoms with Crippen LogP contribution in [0.1, 0.15) is 18.1 Å². The quantitative estimate of drug-likeness (QED) is 0.375. The highest BCUT2D eigenvalue weighted by molar-refractivity contribution is 6.20. The Hall–Kier alpha value is -3.28. The van der Waals surface area contributed by atoms with E-state index < -0.39 is 11.9 Å². The molecule has 0 amide bonds. The molecule has 0 atom stereocenters. The number of carbonyl (C=O) groups is 2. The molecular formula is C19H18O6. The minimum atomic E-state index is -1.06. The molecule has 0 aliphatic carbocycles. The zero-order chi connectivity index (χ0) is 18.4. The van der Waals surface area contributed by atoms with E-state index in [4.69, 9.17) is 14.2 Å². The molecule has 25 heavy (non-hydrogen) atoms. The molecule has 6 heteroatoms. The first-order chi connectivity index (χ1) is 11.9. The van der Waals surface area contributed by atoms with E-state index in [0.717, 1.165) is 0 Å². The number of rotatable bonds is 6. The summed E-state index contributed by atoms with van der Waals surface area (Å²) in [5, 5.41) is 9.51. The maximum absolute atomic E-state index is 11.6. The summed E-state index contributed by atoms with van der Waals surface area (Å²) < 4.78 is 15.3. The van der Waals surface area contributed by atoms with Crippen LogP contribution in [-0.2, 0) is 9.59 Å². The van der Waals surface area contributed by atoms with E-state index in [1.165, 1.54) is 20.1 Å². The normalized spacial score (nSPS) is 10.9. The molecule has 0 saturated carbocycles. The molecule has 0 aromatic heterocycles. The average Bonchev–Trinajstić information content (AvgIpc) is 2.60. The van der Waals surface area contributed by atoms with E-state index in [2.05, 4.69) is 0 Å². The lowest BCUT2D eigenvalue weighted by molar-refractivity contribution is -0.132. The summed E-state index contributed by atoms with van der Waals surface area (Å²) in [6.45, 7) is 1.29. The Kier molecular flexibility index (Phi) is 5.79. The van der Waals surface area contributed by atoms with Crippen LogP contribution in [0.2, 0.25) is 0 Å². The van der Waals surface area contributed by atoms with Crippen LogP contribution in [0.5, 0.6) is 17.2 Å². The van der Waals surface area contributed by atoms with Gasteiger partial charge in [-0.1, -0.05) is 18.2 Å². The van der Waals surface area contributed by atoms with Gasteiger partial charge in [-0.05, 0) is 41.5 Å². The Balaban J connectivity index is 2.42. The molecular weight excluding hydrogens is 324 g/mol. The molecule has 0 heterocycles. The second-order valence-electron chi connectivity index (χ2n) is 5.10. The molecule has 0 bridgehead atoms. The van der Waals surface area contributed by atoms with E-state index in [1.807, 2.05) is 0 Å². The Morgan fingerprint density at radius 1 is 0.960 bits per heavy atom. The monoisotopic (exact) mass is 342 g/mol. The number of benzene rings is 2. The molecule has 6 nitrogen and oxygen atoms in total. The number of aliphatic carboxylic acids is 1. The molecule has 2 rings (SSSR count). The van der Waals surface area contributed by atoms with Crippen LogP contribution in [0.3, 0.4) is 0 Å². The van der Waals surface area contributed by atoms with Gasteiger partial charge >= 0.3 is 11.9 Å². The molecule has 0 aliphatic heterocycles. The first kappa shape index (κ1) is 18.1. The summed E-state index contributed by atoms with van der Waals surface area (Å²) in [6, 6.07) is 11.5. The maximum atomic E-state index is 11.6. The van der Waals surface area contributed by atoms with Crippen LogP contribution in [0, 0.1) is 0 Å². The lowest BCUT2D eigenvalue weighted by Crippen LogP contribution is -2.03. The third-order valence-electron chi connectivity index (χ3n) is 3.38. The van der Waals surface area contributed by atoms with E-state index >= 15 is 0 Å². The molecule has 1 N–H and O–H groups in total. The second-order valence-corrected chi connectivity index (χ2v) is 5.10. The number of carboxylic acid groups (broad SMARTS) is 1. The number of carboxylic acids is 1. The van der Waals surface area contributed by atoms with Crippen molar-refractivity contribution in [1.29, 1.82) is 0 Å². The molecule has 130 valence electrons. The van der Waals surface area contributed by atoms with Crippen molar-refractivity contribution in [2.24, 2.45) is 0 Å². The highest BCUT2D eigenvalue weighted by atomic mass is 16.6. The van der Waals surface area contributed by atoms with Crippen molar-refractivity contribution in [3.05, 3.63) is 53.6 Å². The number of hydrogen-bond donors (Lipinski definition) is 1. The van der Waals surface area contributed by atoms with Crippen LogP contribution >= 0.6 is 0 Å². The molecule has 2 aromatic carbocycles. The zero-order valence-electron chi connectivity index (χ0n) is 14.1. The van der Waals surface area contributed by atoms with Crippen molar-refractivity contribution in [3.63, 3.8) is 0 Å². The number of hydrogen-bond acceptors (Lipinski definition) is 5. The van der Waals surface area contributed by atoms with Gasteiger partial charge in [-0.2, -0.15) is 0 Å². The van der Waals surface area contributed by atoms with Gasteiger partial charge in [0.2, 0.25) is 0 Å². The molecule has 0 aliphatic rings. The van der Waals surface area contributed by atoms with Crippen LogP contribution < -0.4 is 14.2 Å². The predicted octanol–water partition coefficient (Wildman–Crippen LogP) is 3.25. The van der Waals surface area contributed by atoms with Crippen molar-refractivity contribution in [3.8, 4) is 17.2 Å². The smallest absolute Gasteiger partial charge is 0.336 e. The summed E-state index contributed by atoms with van der Waals surface area (Å²) in [7, 11) is 2.98. The van der Waals surface area contributed by atoms with Crippen molar-refractivity contribution < 1.29 is 28.9 Å². The lowest BCUT2D eigenvalue weighted by Gasteiger charge is -2.09. The second kappa shape index (κ2) is 8.01. The SMILES string of the molecule is COc1ccc(/C(=C\c2ccc(OC(C)=O)c(OC)c2)C(=O)O)cc1. The lowest BCUT2D eigenvalue weighted by atomic mass is 10.0. The van der Waals surface area contributed by atoms with Crippen molar-refractivity contribution in [2.75, 3.05) is 14.2 Å². The predicted molar refractivity (Wildman–Crippen MR) is 92.8 cm³/mol. The molecule has 0 fully saturated rings. The summed E-state index contributed by atoms with van der Waals surface area (Å²) >= 11 is 0. The van der Waals surface area contributed by atoms with Gasteiger partial charge in [-0.3, -0.25) is 4.79 Å². The van der Waals surface area contributed by atoms with Gasteiger partial charge in [-0.25, -0.2) is 4.79 Å². The van der Waals surface area contributed by atoms with E-state index in [9.17, 15) is 14.7 Å². The fraction of sp³-hybridized carbons (Fsp3) is 0.158. The summed E-state index contributed by atoms with van der Waals surface area (Å²) in [4.78, 5) is 22.7. The summed E-state index contributed by atoms with van der Waals surface area (Å²) in [6.07, 6.45) is 1.52. The highest BCUT2D eigenvalue weighted by Gasteiger charge is 2.13. The largest absolute Gasteiger partial charge is 0.497 e. The maximum Gasteiger partial charge on any atom is 0.336 e. The van der Waals surface area contributed by atoms with Gasteiger partial charge in [-0.15, -0.1) is 0 Å². The van der Waals surface area contributed by atoms with E-state index in [0.29, 0.717) is 22.6 Å². The summed E-state index contributed by atoms with van der Waals surface area (Å²) in [5.74, 6) is -0.281. The molecule has 0 radical (unpaired) electrons. The van der Waals surface area contributed by atoms with Crippen LogP contribution in [0.25, 0.3) is 11.6 Å². The minimum Gasteiger partial charge on any atom is -0.497 e. The molecule has 0 saturated heterocycles.